The molecule has 4 rings (SSSR count). The lowest BCUT2D eigenvalue weighted by Crippen LogP contribution is -2.12. The Labute approximate surface area is 187 Å². The highest BCUT2D eigenvalue weighted by Gasteiger charge is 2.23. The lowest BCUT2D eigenvalue weighted by Gasteiger charge is -2.05. The zero-order chi connectivity index (χ0) is 21.1. The largest absolute Gasteiger partial charge is 0.451 e. The predicted octanol–water partition coefficient (Wildman–Crippen LogP) is 6.50. The Kier molecular flexibility index (Phi) is 6.50. The van der Waals surface area contributed by atoms with Crippen LogP contribution in [0.25, 0.3) is 11.0 Å². The molecule has 3 heterocycles. The molecule has 1 aromatic carbocycles. The number of carbonyl (C=O) groups excluding carboxylic acids is 1. The van der Waals surface area contributed by atoms with Gasteiger partial charge in [-0.25, -0.2) is 4.98 Å². The Morgan fingerprint density at radius 3 is 2.77 bits per heavy atom. The predicted molar refractivity (Wildman–Crippen MR) is 124 cm³/mol. The number of aromatic nitrogens is 3. The summed E-state index contributed by atoms with van der Waals surface area (Å²) >= 11 is 4.64. The van der Waals surface area contributed by atoms with Crippen LogP contribution in [-0.4, -0.2) is 21.1 Å². The van der Waals surface area contributed by atoms with Crippen molar-refractivity contribution in [2.24, 2.45) is 0 Å². The Balaban J connectivity index is 1.58. The Morgan fingerprint density at radius 2 is 2.03 bits per heavy atom. The third kappa shape index (κ3) is 4.43. The number of benzene rings is 1. The number of hydrogen-bond acceptors (Lipinski definition) is 8. The van der Waals surface area contributed by atoms with Gasteiger partial charge in [0.05, 0.1) is 0 Å². The lowest BCUT2D eigenvalue weighted by atomic mass is 10.1. The van der Waals surface area contributed by atoms with Gasteiger partial charge < -0.3 is 4.42 Å². The normalized spacial score (nSPS) is 11.5. The number of amides is 1. The summed E-state index contributed by atoms with van der Waals surface area (Å²) < 4.78 is 6.91. The standard InChI is InChI=1S/C21H22N4O2S3/c1-4-13(5-2)19-24-25-20(30-19)23-18(26)17-15(11-29-21-22-12(3)10-28-21)14-8-6-7-9-16(14)27-17/h6-10,13H,4-5,11H2,1-3H3,(H,23,25,26). The van der Waals surface area contributed by atoms with Gasteiger partial charge in [-0.05, 0) is 25.8 Å². The molecule has 0 bridgehead atoms. The maximum absolute atomic E-state index is 13.0. The van der Waals surface area contributed by atoms with E-state index in [1.165, 1.54) is 11.3 Å². The van der Waals surface area contributed by atoms with Crippen LogP contribution in [-0.2, 0) is 5.75 Å². The molecule has 6 nitrogen and oxygen atoms in total. The summed E-state index contributed by atoms with van der Waals surface area (Å²) in [7, 11) is 0. The van der Waals surface area contributed by atoms with Crippen molar-refractivity contribution >= 4 is 56.4 Å². The molecule has 0 fully saturated rings. The van der Waals surface area contributed by atoms with E-state index in [1.54, 1.807) is 23.1 Å². The number of nitrogens with one attached hydrogen (secondary N) is 1. The number of thioether (sulfide) groups is 1. The van der Waals surface area contributed by atoms with Crippen LogP contribution in [0.5, 0.6) is 0 Å². The summed E-state index contributed by atoms with van der Waals surface area (Å²) in [6.07, 6.45) is 2.00. The van der Waals surface area contributed by atoms with Crippen molar-refractivity contribution < 1.29 is 9.21 Å². The summed E-state index contributed by atoms with van der Waals surface area (Å²) in [6, 6.07) is 7.72. The minimum Gasteiger partial charge on any atom is -0.451 e. The number of para-hydroxylation sites is 1. The summed E-state index contributed by atoms with van der Waals surface area (Å²) in [5, 5.41) is 15.7. The van der Waals surface area contributed by atoms with Gasteiger partial charge in [0.25, 0.3) is 5.91 Å². The van der Waals surface area contributed by atoms with Gasteiger partial charge in [-0.3, -0.25) is 10.1 Å². The first-order chi connectivity index (χ1) is 14.6. The van der Waals surface area contributed by atoms with Gasteiger partial charge in [-0.1, -0.05) is 55.1 Å². The maximum atomic E-state index is 13.0. The fraction of sp³-hybridized carbons (Fsp3) is 0.333. The Morgan fingerprint density at radius 1 is 1.23 bits per heavy atom. The number of thiazole rings is 1. The number of nitrogens with zero attached hydrogens (tertiary/aromatic N) is 3. The number of furan rings is 1. The zero-order valence-electron chi connectivity index (χ0n) is 17.0. The van der Waals surface area contributed by atoms with Crippen molar-refractivity contribution in [3.63, 3.8) is 0 Å². The molecule has 3 aromatic heterocycles. The van der Waals surface area contributed by atoms with E-state index < -0.39 is 0 Å². The molecular weight excluding hydrogens is 436 g/mol. The number of aryl methyl sites for hydroxylation is 1. The number of carbonyl (C=O) groups is 1. The molecule has 1 amide bonds. The van der Waals surface area contributed by atoms with Crippen molar-refractivity contribution in [2.45, 2.75) is 49.6 Å². The van der Waals surface area contributed by atoms with Crippen molar-refractivity contribution in [3.05, 3.63) is 51.7 Å². The van der Waals surface area contributed by atoms with Crippen LogP contribution >= 0.6 is 34.4 Å². The average molecular weight is 459 g/mol. The van der Waals surface area contributed by atoms with E-state index in [2.05, 4.69) is 34.3 Å². The van der Waals surface area contributed by atoms with Crippen LogP contribution < -0.4 is 5.32 Å². The van der Waals surface area contributed by atoms with Gasteiger partial charge in [0.2, 0.25) is 5.13 Å². The number of anilines is 1. The molecule has 0 saturated heterocycles. The number of rotatable bonds is 8. The van der Waals surface area contributed by atoms with Gasteiger partial charge >= 0.3 is 0 Å². The lowest BCUT2D eigenvalue weighted by molar-refractivity contribution is 0.0997. The van der Waals surface area contributed by atoms with Gasteiger partial charge in [0.15, 0.2) is 5.76 Å². The van der Waals surface area contributed by atoms with Gasteiger partial charge in [0, 0.05) is 33.7 Å². The quantitative estimate of drug-likeness (QED) is 0.304. The first-order valence-electron chi connectivity index (χ1n) is 9.79. The van der Waals surface area contributed by atoms with E-state index in [1.807, 2.05) is 36.6 Å². The van der Waals surface area contributed by atoms with Crippen LogP contribution in [0.2, 0.25) is 0 Å². The fourth-order valence-corrected chi connectivity index (χ4v) is 6.08. The fourth-order valence-electron chi connectivity index (χ4n) is 3.20. The van der Waals surface area contributed by atoms with Gasteiger partial charge in [-0.2, -0.15) is 0 Å². The highest BCUT2D eigenvalue weighted by molar-refractivity contribution is 8.00. The molecule has 0 saturated carbocycles. The van der Waals surface area contributed by atoms with E-state index in [4.69, 9.17) is 4.42 Å². The van der Waals surface area contributed by atoms with Crippen molar-refractivity contribution in [1.29, 1.82) is 0 Å². The van der Waals surface area contributed by atoms with Crippen LogP contribution in [0.15, 0.2) is 38.4 Å². The second kappa shape index (κ2) is 9.28. The number of fused-ring (bicyclic) bond motifs is 1. The second-order valence-corrected chi connectivity index (χ2v) is 9.95. The molecule has 4 aromatic rings. The molecule has 156 valence electrons. The molecular formula is C21H22N4O2S3. The van der Waals surface area contributed by atoms with E-state index in [-0.39, 0.29) is 5.91 Å². The van der Waals surface area contributed by atoms with Crippen molar-refractivity contribution in [1.82, 2.24) is 15.2 Å². The molecule has 0 aliphatic heterocycles. The van der Waals surface area contributed by atoms with Gasteiger partial charge in [0.1, 0.15) is 14.9 Å². The third-order valence-electron chi connectivity index (χ3n) is 4.84. The highest BCUT2D eigenvalue weighted by atomic mass is 32.2. The zero-order valence-corrected chi connectivity index (χ0v) is 19.4. The van der Waals surface area contributed by atoms with E-state index in [9.17, 15) is 4.79 Å². The molecule has 0 unspecified atom stereocenters. The summed E-state index contributed by atoms with van der Waals surface area (Å²) in [5.74, 6) is 0.982. The van der Waals surface area contributed by atoms with Crippen molar-refractivity contribution in [2.75, 3.05) is 5.32 Å². The van der Waals surface area contributed by atoms with Crippen LogP contribution in [0, 0.1) is 6.92 Å². The summed E-state index contributed by atoms with van der Waals surface area (Å²) in [5.41, 5.74) is 2.57. The minimum atomic E-state index is -0.302. The summed E-state index contributed by atoms with van der Waals surface area (Å²) in [6.45, 7) is 6.25. The van der Waals surface area contributed by atoms with Crippen molar-refractivity contribution in [3.8, 4) is 0 Å². The minimum absolute atomic E-state index is 0.302. The van der Waals surface area contributed by atoms with E-state index >= 15 is 0 Å². The second-order valence-electron chi connectivity index (χ2n) is 6.86. The highest BCUT2D eigenvalue weighted by Crippen LogP contribution is 2.34. The van der Waals surface area contributed by atoms with Gasteiger partial charge in [-0.15, -0.1) is 21.5 Å². The maximum Gasteiger partial charge on any atom is 0.293 e. The molecule has 0 spiro atoms. The molecule has 30 heavy (non-hydrogen) atoms. The molecule has 0 atom stereocenters. The molecule has 0 aliphatic carbocycles. The third-order valence-corrected chi connectivity index (χ3v) is 8.00. The van der Waals surface area contributed by atoms with E-state index in [0.717, 1.165) is 38.8 Å². The first kappa shape index (κ1) is 21.0. The smallest absolute Gasteiger partial charge is 0.293 e. The van der Waals surface area contributed by atoms with Crippen LogP contribution in [0.1, 0.15) is 59.4 Å². The first-order valence-corrected chi connectivity index (χ1v) is 12.5. The molecule has 1 N–H and O–H groups in total. The Hall–Kier alpha value is -2.23. The van der Waals surface area contributed by atoms with Crippen LogP contribution in [0.4, 0.5) is 5.13 Å². The monoisotopic (exact) mass is 458 g/mol. The van der Waals surface area contributed by atoms with Crippen LogP contribution in [0.3, 0.4) is 0 Å². The molecule has 0 radical (unpaired) electrons. The molecule has 9 heteroatoms. The number of hydrogen-bond donors (Lipinski definition) is 1. The topological polar surface area (TPSA) is 80.9 Å². The average Bonchev–Trinajstić information content (AvgIpc) is 3.46. The summed E-state index contributed by atoms with van der Waals surface area (Å²) in [4.78, 5) is 17.6. The molecule has 0 aliphatic rings. The Bertz CT molecular complexity index is 1160. The van der Waals surface area contributed by atoms with E-state index in [0.29, 0.717) is 28.1 Å². The SMILES string of the molecule is CCC(CC)c1nnc(NC(=O)c2oc3ccccc3c2CSc2nc(C)cs2)s1.